The van der Waals surface area contributed by atoms with Crippen LogP contribution in [0.2, 0.25) is 0 Å². The molecule has 1 aromatic carbocycles. The fraction of sp³-hybridized carbons (Fsp3) is 0.545. The Morgan fingerprint density at radius 2 is 1.42 bits per heavy atom. The molecule has 0 heterocycles. The van der Waals surface area contributed by atoms with E-state index < -0.39 is 11.9 Å². The maximum Gasteiger partial charge on any atom is 0.343 e. The number of carbonyl (C=O) groups is 2. The number of hydrogen-bond acceptors (Lipinski definition) is 3. The predicted octanol–water partition coefficient (Wildman–Crippen LogP) is 6.37. The van der Waals surface area contributed by atoms with Gasteiger partial charge in [-0.2, -0.15) is 0 Å². The highest BCUT2D eigenvalue weighted by Gasteiger charge is 2.16. The number of carbonyl (C=O) groups excluding carboxylic acids is 1. The molecule has 1 aromatic rings. The zero-order valence-electron chi connectivity index (χ0n) is 15.9. The van der Waals surface area contributed by atoms with Gasteiger partial charge in [0.2, 0.25) is 0 Å². The third kappa shape index (κ3) is 9.40. The number of carboxylic acids is 1. The van der Waals surface area contributed by atoms with Crippen LogP contribution in [0, 0.1) is 0 Å². The van der Waals surface area contributed by atoms with E-state index in [0.717, 1.165) is 12.8 Å². The Bertz CT molecular complexity index is 563. The first-order chi connectivity index (χ1) is 12.7. The molecule has 0 aliphatic heterocycles. The standard InChI is InChI=1S/C22H32O4/c1-2-3-4-5-6-7-8-9-10-11-12-15-18-26-22(25)20-17-14-13-16-19(20)21(23)24/h13-18H,2-12H2,1H3,(H,23,24)/b18-15+. The molecule has 1 rings (SSSR count). The molecule has 0 amide bonds. The second kappa shape index (κ2) is 14.1. The summed E-state index contributed by atoms with van der Waals surface area (Å²) < 4.78 is 5.03. The first-order valence-corrected chi connectivity index (χ1v) is 9.85. The first-order valence-electron chi connectivity index (χ1n) is 9.85. The summed E-state index contributed by atoms with van der Waals surface area (Å²) in [6.07, 6.45) is 17.0. The molecule has 0 aromatic heterocycles. The van der Waals surface area contributed by atoms with Gasteiger partial charge in [-0.1, -0.05) is 76.8 Å². The summed E-state index contributed by atoms with van der Waals surface area (Å²) in [6.45, 7) is 2.24. The minimum absolute atomic E-state index is 0.0411. The fourth-order valence-corrected chi connectivity index (χ4v) is 2.84. The van der Waals surface area contributed by atoms with Gasteiger partial charge in [-0.3, -0.25) is 0 Å². The molecule has 0 radical (unpaired) electrons. The quantitative estimate of drug-likeness (QED) is 0.238. The smallest absolute Gasteiger partial charge is 0.343 e. The summed E-state index contributed by atoms with van der Waals surface area (Å²) in [5.74, 6) is -1.77. The summed E-state index contributed by atoms with van der Waals surface area (Å²) in [6, 6.07) is 6.06. The number of unbranched alkanes of at least 4 members (excludes halogenated alkanes) is 10. The van der Waals surface area contributed by atoms with E-state index in [1.54, 1.807) is 12.1 Å². The third-order valence-electron chi connectivity index (χ3n) is 4.37. The van der Waals surface area contributed by atoms with Crippen LogP contribution in [0.15, 0.2) is 36.6 Å². The van der Waals surface area contributed by atoms with Crippen molar-refractivity contribution >= 4 is 11.9 Å². The molecule has 0 fully saturated rings. The Morgan fingerprint density at radius 1 is 0.885 bits per heavy atom. The minimum Gasteiger partial charge on any atom is -0.478 e. The van der Waals surface area contributed by atoms with Crippen molar-refractivity contribution in [2.45, 2.75) is 77.6 Å². The van der Waals surface area contributed by atoms with Crippen LogP contribution < -0.4 is 0 Å². The van der Waals surface area contributed by atoms with E-state index in [2.05, 4.69) is 6.92 Å². The number of ether oxygens (including phenoxy) is 1. The average Bonchev–Trinajstić information content (AvgIpc) is 2.65. The van der Waals surface area contributed by atoms with Crippen molar-refractivity contribution in [2.24, 2.45) is 0 Å². The number of benzene rings is 1. The number of hydrogen-bond donors (Lipinski definition) is 1. The molecule has 0 saturated carbocycles. The second-order valence-electron chi connectivity index (χ2n) is 6.60. The fourth-order valence-electron chi connectivity index (χ4n) is 2.84. The molecule has 0 spiro atoms. The summed E-state index contributed by atoms with van der Waals surface area (Å²) in [5.41, 5.74) is 0.0316. The van der Waals surface area contributed by atoms with E-state index in [4.69, 9.17) is 9.84 Å². The van der Waals surface area contributed by atoms with Gasteiger partial charge in [-0.15, -0.1) is 0 Å². The van der Waals surface area contributed by atoms with Crippen LogP contribution in [0.5, 0.6) is 0 Å². The summed E-state index contributed by atoms with van der Waals surface area (Å²) in [7, 11) is 0. The molecule has 0 bridgehead atoms. The lowest BCUT2D eigenvalue weighted by Gasteiger charge is -2.03. The van der Waals surface area contributed by atoms with Crippen molar-refractivity contribution in [2.75, 3.05) is 0 Å². The molecular weight excluding hydrogens is 328 g/mol. The summed E-state index contributed by atoms with van der Waals surface area (Å²) in [5, 5.41) is 9.07. The Morgan fingerprint density at radius 3 is 2.00 bits per heavy atom. The zero-order valence-corrected chi connectivity index (χ0v) is 15.9. The van der Waals surface area contributed by atoms with Crippen molar-refractivity contribution in [3.8, 4) is 0 Å². The summed E-state index contributed by atoms with van der Waals surface area (Å²) in [4.78, 5) is 23.0. The molecular formula is C22H32O4. The van der Waals surface area contributed by atoms with Gasteiger partial charge in [0.1, 0.15) is 0 Å². The molecule has 0 unspecified atom stereocenters. The molecule has 1 N–H and O–H groups in total. The number of aromatic carboxylic acids is 1. The number of allylic oxidation sites excluding steroid dienone is 1. The van der Waals surface area contributed by atoms with Gasteiger partial charge in [0.05, 0.1) is 17.4 Å². The third-order valence-corrected chi connectivity index (χ3v) is 4.37. The largest absolute Gasteiger partial charge is 0.478 e. The average molecular weight is 360 g/mol. The highest BCUT2D eigenvalue weighted by atomic mass is 16.5. The SMILES string of the molecule is CCCCCCCCCCCC/C=C/OC(=O)c1ccccc1C(=O)O. The lowest BCUT2D eigenvalue weighted by molar-refractivity contribution is 0.0631. The topological polar surface area (TPSA) is 63.6 Å². The number of esters is 1. The van der Waals surface area contributed by atoms with E-state index in [9.17, 15) is 9.59 Å². The van der Waals surface area contributed by atoms with Crippen LogP contribution in [0.4, 0.5) is 0 Å². The van der Waals surface area contributed by atoms with E-state index in [1.807, 2.05) is 6.08 Å². The minimum atomic E-state index is -1.13. The van der Waals surface area contributed by atoms with Crippen LogP contribution >= 0.6 is 0 Å². The van der Waals surface area contributed by atoms with Gasteiger partial charge in [0, 0.05) is 0 Å². The number of rotatable bonds is 14. The Balaban J connectivity index is 2.09. The molecule has 4 heteroatoms. The van der Waals surface area contributed by atoms with E-state index in [-0.39, 0.29) is 11.1 Å². The predicted molar refractivity (Wildman–Crippen MR) is 104 cm³/mol. The second-order valence-corrected chi connectivity index (χ2v) is 6.60. The van der Waals surface area contributed by atoms with Crippen LogP contribution in [-0.2, 0) is 4.74 Å². The van der Waals surface area contributed by atoms with E-state index in [1.165, 1.54) is 76.2 Å². The van der Waals surface area contributed by atoms with Gasteiger partial charge in [0.15, 0.2) is 0 Å². The van der Waals surface area contributed by atoms with Crippen molar-refractivity contribution in [3.63, 3.8) is 0 Å². The lowest BCUT2D eigenvalue weighted by Crippen LogP contribution is -2.09. The van der Waals surface area contributed by atoms with Crippen molar-refractivity contribution < 1.29 is 19.4 Å². The Hall–Kier alpha value is -2.10. The van der Waals surface area contributed by atoms with Crippen LogP contribution in [-0.4, -0.2) is 17.0 Å². The van der Waals surface area contributed by atoms with Crippen LogP contribution in [0.1, 0.15) is 98.3 Å². The van der Waals surface area contributed by atoms with Gasteiger partial charge in [0.25, 0.3) is 0 Å². The zero-order chi connectivity index (χ0) is 19.0. The normalized spacial score (nSPS) is 11.0. The Kier molecular flexibility index (Phi) is 11.9. The van der Waals surface area contributed by atoms with Gasteiger partial charge >= 0.3 is 11.9 Å². The molecule has 144 valence electrons. The monoisotopic (exact) mass is 360 g/mol. The highest BCUT2D eigenvalue weighted by Crippen LogP contribution is 2.12. The van der Waals surface area contributed by atoms with Gasteiger partial charge < -0.3 is 9.84 Å². The summed E-state index contributed by atoms with van der Waals surface area (Å²) >= 11 is 0. The maximum absolute atomic E-state index is 11.9. The van der Waals surface area contributed by atoms with Crippen molar-refractivity contribution in [1.82, 2.24) is 0 Å². The number of carboxylic acid groups (broad SMARTS) is 1. The van der Waals surface area contributed by atoms with Crippen LogP contribution in [0.25, 0.3) is 0 Å². The van der Waals surface area contributed by atoms with Crippen LogP contribution in [0.3, 0.4) is 0 Å². The molecule has 0 atom stereocenters. The Labute approximate surface area is 157 Å². The lowest BCUT2D eigenvalue weighted by atomic mass is 10.1. The first kappa shape index (κ1) is 21.9. The van der Waals surface area contributed by atoms with E-state index >= 15 is 0 Å². The molecule has 0 aliphatic carbocycles. The maximum atomic E-state index is 11.9. The molecule has 26 heavy (non-hydrogen) atoms. The highest BCUT2D eigenvalue weighted by molar-refractivity contribution is 6.02. The molecule has 0 saturated heterocycles. The van der Waals surface area contributed by atoms with Crippen molar-refractivity contribution in [3.05, 3.63) is 47.7 Å². The molecule has 0 aliphatic rings. The van der Waals surface area contributed by atoms with Gasteiger partial charge in [-0.05, 0) is 31.1 Å². The van der Waals surface area contributed by atoms with Crippen molar-refractivity contribution in [1.29, 1.82) is 0 Å². The molecule has 4 nitrogen and oxygen atoms in total. The van der Waals surface area contributed by atoms with E-state index in [0.29, 0.717) is 0 Å². The van der Waals surface area contributed by atoms with Gasteiger partial charge in [-0.25, -0.2) is 9.59 Å².